The lowest BCUT2D eigenvalue weighted by Crippen LogP contribution is -2.55. The van der Waals surface area contributed by atoms with Crippen LogP contribution in [-0.2, 0) is 9.53 Å². The molecule has 0 aliphatic carbocycles. The van der Waals surface area contributed by atoms with E-state index < -0.39 is 5.54 Å². The summed E-state index contributed by atoms with van der Waals surface area (Å²) in [5.41, 5.74) is 6.07. The van der Waals surface area contributed by atoms with Crippen LogP contribution in [-0.4, -0.2) is 43.2 Å². The zero-order chi connectivity index (χ0) is 10.8. The maximum absolute atomic E-state index is 11.9. The second-order valence-corrected chi connectivity index (χ2v) is 4.08. The van der Waals surface area contributed by atoms with E-state index in [0.717, 1.165) is 5.57 Å². The standard InChI is InChI=1S/C10H18N2O2/c1-8(2)6-12(3)9(13)10(11)4-5-14-7-10/h1,4-7,11H2,2-3H3. The van der Waals surface area contributed by atoms with E-state index >= 15 is 0 Å². The van der Waals surface area contributed by atoms with Crippen LogP contribution in [0.5, 0.6) is 0 Å². The van der Waals surface area contributed by atoms with Crippen molar-refractivity contribution in [3.05, 3.63) is 12.2 Å². The van der Waals surface area contributed by atoms with Crippen molar-refractivity contribution in [1.82, 2.24) is 4.90 Å². The summed E-state index contributed by atoms with van der Waals surface area (Å²) >= 11 is 0. The van der Waals surface area contributed by atoms with E-state index in [2.05, 4.69) is 6.58 Å². The van der Waals surface area contributed by atoms with Crippen molar-refractivity contribution in [1.29, 1.82) is 0 Å². The van der Waals surface area contributed by atoms with E-state index in [0.29, 0.717) is 26.2 Å². The van der Waals surface area contributed by atoms with Crippen LogP contribution in [0.25, 0.3) is 0 Å². The zero-order valence-electron chi connectivity index (χ0n) is 8.88. The fourth-order valence-corrected chi connectivity index (χ4v) is 1.61. The monoisotopic (exact) mass is 198 g/mol. The smallest absolute Gasteiger partial charge is 0.245 e. The molecule has 0 bridgehead atoms. The van der Waals surface area contributed by atoms with Crippen molar-refractivity contribution in [3.8, 4) is 0 Å². The summed E-state index contributed by atoms with van der Waals surface area (Å²) in [5.74, 6) is -0.0574. The first-order valence-electron chi connectivity index (χ1n) is 4.72. The number of nitrogens with two attached hydrogens (primary N) is 1. The van der Waals surface area contributed by atoms with Crippen LogP contribution >= 0.6 is 0 Å². The molecule has 0 aromatic heterocycles. The summed E-state index contributed by atoms with van der Waals surface area (Å²) in [5, 5.41) is 0. The van der Waals surface area contributed by atoms with Gasteiger partial charge in [0.05, 0.1) is 6.61 Å². The maximum Gasteiger partial charge on any atom is 0.245 e. The van der Waals surface area contributed by atoms with E-state index in [9.17, 15) is 4.79 Å². The van der Waals surface area contributed by atoms with Gasteiger partial charge in [-0.1, -0.05) is 12.2 Å². The Balaban J connectivity index is 2.59. The van der Waals surface area contributed by atoms with Crippen molar-refractivity contribution in [2.45, 2.75) is 18.9 Å². The van der Waals surface area contributed by atoms with Gasteiger partial charge in [0.1, 0.15) is 5.54 Å². The van der Waals surface area contributed by atoms with E-state index in [-0.39, 0.29) is 5.91 Å². The predicted molar refractivity (Wildman–Crippen MR) is 54.8 cm³/mol. The van der Waals surface area contributed by atoms with E-state index in [1.807, 2.05) is 6.92 Å². The van der Waals surface area contributed by atoms with Gasteiger partial charge in [-0.2, -0.15) is 0 Å². The minimum atomic E-state index is -0.815. The van der Waals surface area contributed by atoms with Gasteiger partial charge in [-0.25, -0.2) is 0 Å². The number of hydrogen-bond acceptors (Lipinski definition) is 3. The molecule has 0 saturated carbocycles. The van der Waals surface area contributed by atoms with Gasteiger partial charge in [0.2, 0.25) is 5.91 Å². The lowest BCUT2D eigenvalue weighted by atomic mass is 9.98. The quantitative estimate of drug-likeness (QED) is 0.656. The summed E-state index contributed by atoms with van der Waals surface area (Å²) in [6.45, 7) is 7.10. The molecule has 2 N–H and O–H groups in total. The SMILES string of the molecule is C=C(C)CN(C)C(=O)C1(N)CCOC1. The molecule has 1 fully saturated rings. The Morgan fingerprint density at radius 1 is 1.71 bits per heavy atom. The van der Waals surface area contributed by atoms with Crippen LogP contribution in [0, 0.1) is 0 Å². The van der Waals surface area contributed by atoms with Gasteiger partial charge in [-0.3, -0.25) is 4.79 Å². The Bertz CT molecular complexity index is 245. The van der Waals surface area contributed by atoms with E-state index in [1.54, 1.807) is 11.9 Å². The molecule has 0 radical (unpaired) electrons. The third kappa shape index (κ3) is 2.33. The lowest BCUT2D eigenvalue weighted by molar-refractivity contribution is -0.135. The zero-order valence-corrected chi connectivity index (χ0v) is 8.88. The molecule has 0 aromatic rings. The molecule has 0 aromatic carbocycles. The number of nitrogens with zero attached hydrogens (tertiary/aromatic N) is 1. The Kier molecular flexibility index (Phi) is 3.29. The average molecular weight is 198 g/mol. The summed E-state index contributed by atoms with van der Waals surface area (Å²) in [4.78, 5) is 13.5. The number of amides is 1. The summed E-state index contributed by atoms with van der Waals surface area (Å²) in [7, 11) is 1.74. The Hall–Kier alpha value is -0.870. The second-order valence-electron chi connectivity index (χ2n) is 4.08. The van der Waals surface area contributed by atoms with Crippen LogP contribution in [0.2, 0.25) is 0 Å². The van der Waals surface area contributed by atoms with Gasteiger partial charge in [-0.05, 0) is 13.3 Å². The molecule has 1 amide bonds. The number of likely N-dealkylation sites (N-methyl/N-ethyl adjacent to an activating group) is 1. The molecule has 4 nitrogen and oxygen atoms in total. The number of ether oxygens (including phenoxy) is 1. The topological polar surface area (TPSA) is 55.6 Å². The Labute approximate surface area is 84.7 Å². The summed E-state index contributed by atoms with van der Waals surface area (Å²) in [6.07, 6.45) is 0.604. The third-order valence-electron chi connectivity index (χ3n) is 2.33. The second kappa shape index (κ2) is 4.11. The normalized spacial score (nSPS) is 26.2. The Morgan fingerprint density at radius 2 is 2.36 bits per heavy atom. The fourth-order valence-electron chi connectivity index (χ4n) is 1.61. The highest BCUT2D eigenvalue weighted by molar-refractivity contribution is 5.86. The molecule has 80 valence electrons. The summed E-state index contributed by atoms with van der Waals surface area (Å²) in [6, 6.07) is 0. The Morgan fingerprint density at radius 3 is 2.79 bits per heavy atom. The largest absolute Gasteiger partial charge is 0.379 e. The predicted octanol–water partition coefficient (Wildman–Crippen LogP) is 0.139. The van der Waals surface area contributed by atoms with Gasteiger partial charge in [-0.15, -0.1) is 0 Å². The minimum absolute atomic E-state index is 0.0574. The first-order valence-corrected chi connectivity index (χ1v) is 4.72. The molecule has 0 spiro atoms. The van der Waals surface area contributed by atoms with Gasteiger partial charge in [0, 0.05) is 20.2 Å². The average Bonchev–Trinajstić information content (AvgIpc) is 2.51. The van der Waals surface area contributed by atoms with E-state index in [1.165, 1.54) is 0 Å². The van der Waals surface area contributed by atoms with E-state index in [4.69, 9.17) is 10.5 Å². The number of rotatable bonds is 3. The van der Waals surface area contributed by atoms with Crippen molar-refractivity contribution in [2.75, 3.05) is 26.8 Å². The summed E-state index contributed by atoms with van der Waals surface area (Å²) < 4.78 is 5.14. The van der Waals surface area contributed by atoms with Crippen molar-refractivity contribution < 1.29 is 9.53 Å². The molecule has 1 saturated heterocycles. The molecule has 1 aliphatic heterocycles. The molecular formula is C10H18N2O2. The number of carbonyl (C=O) groups excluding carboxylic acids is 1. The van der Waals surface area contributed by atoms with Crippen LogP contribution in [0.1, 0.15) is 13.3 Å². The molecule has 1 unspecified atom stereocenters. The first-order chi connectivity index (χ1) is 6.46. The van der Waals surface area contributed by atoms with Crippen LogP contribution in [0.15, 0.2) is 12.2 Å². The lowest BCUT2D eigenvalue weighted by Gasteiger charge is -2.27. The van der Waals surface area contributed by atoms with Gasteiger partial charge < -0.3 is 15.4 Å². The molecule has 1 atom stereocenters. The highest BCUT2D eigenvalue weighted by atomic mass is 16.5. The highest BCUT2D eigenvalue weighted by Gasteiger charge is 2.39. The fraction of sp³-hybridized carbons (Fsp3) is 0.700. The van der Waals surface area contributed by atoms with Crippen LogP contribution in [0.4, 0.5) is 0 Å². The van der Waals surface area contributed by atoms with Crippen LogP contribution in [0.3, 0.4) is 0 Å². The number of carbonyl (C=O) groups is 1. The molecule has 1 rings (SSSR count). The third-order valence-corrected chi connectivity index (χ3v) is 2.33. The highest BCUT2D eigenvalue weighted by Crippen LogP contribution is 2.18. The molecule has 1 aliphatic rings. The van der Waals surface area contributed by atoms with Crippen LogP contribution < -0.4 is 5.73 Å². The minimum Gasteiger partial charge on any atom is -0.379 e. The first kappa shape index (κ1) is 11.2. The van der Waals surface area contributed by atoms with Gasteiger partial charge >= 0.3 is 0 Å². The molecule has 4 heteroatoms. The van der Waals surface area contributed by atoms with Gasteiger partial charge in [0.15, 0.2) is 0 Å². The van der Waals surface area contributed by atoms with Crippen molar-refractivity contribution in [2.24, 2.45) is 5.73 Å². The van der Waals surface area contributed by atoms with Gasteiger partial charge in [0.25, 0.3) is 0 Å². The molecule has 14 heavy (non-hydrogen) atoms. The number of hydrogen-bond donors (Lipinski definition) is 1. The van der Waals surface area contributed by atoms with Crippen molar-refractivity contribution in [3.63, 3.8) is 0 Å². The van der Waals surface area contributed by atoms with Crippen molar-refractivity contribution >= 4 is 5.91 Å². The molecular weight excluding hydrogens is 180 g/mol. The molecule has 1 heterocycles. The maximum atomic E-state index is 11.9.